The van der Waals surface area contributed by atoms with E-state index in [0.717, 1.165) is 44.7 Å². The van der Waals surface area contributed by atoms with Crippen molar-refractivity contribution in [1.82, 2.24) is 19.6 Å². The van der Waals surface area contributed by atoms with Gasteiger partial charge in [-0.1, -0.05) is 30.3 Å². The molecule has 28 heavy (non-hydrogen) atoms. The number of nitrogens with zero attached hydrogens (tertiary/aromatic N) is 4. The summed E-state index contributed by atoms with van der Waals surface area (Å²) >= 11 is 0. The van der Waals surface area contributed by atoms with Crippen LogP contribution in [-0.4, -0.2) is 57.7 Å². The molecule has 2 bridgehead atoms. The Hall–Kier alpha value is -2.14. The number of carbonyl (C=O) groups excluding carboxylic acids is 1. The molecule has 4 heterocycles. The molecule has 0 aliphatic carbocycles. The predicted octanol–water partition coefficient (Wildman–Crippen LogP) is 3.14. The summed E-state index contributed by atoms with van der Waals surface area (Å²) in [5.41, 5.74) is 2.43. The van der Waals surface area contributed by atoms with E-state index in [-0.39, 0.29) is 0 Å². The van der Waals surface area contributed by atoms with Gasteiger partial charge >= 0.3 is 0 Å². The first-order valence-corrected chi connectivity index (χ1v) is 10.7. The fourth-order valence-corrected chi connectivity index (χ4v) is 4.76. The molecule has 1 aromatic carbocycles. The molecular formula is C23H32N4O. The minimum absolute atomic E-state index is 0.300. The molecule has 0 radical (unpaired) electrons. The summed E-state index contributed by atoms with van der Waals surface area (Å²) in [5, 5.41) is 4.40. The van der Waals surface area contributed by atoms with Crippen molar-refractivity contribution >= 4 is 5.91 Å². The number of benzene rings is 1. The molecule has 3 saturated heterocycles. The molecule has 3 aliphatic heterocycles. The second-order valence-corrected chi connectivity index (χ2v) is 8.46. The van der Waals surface area contributed by atoms with E-state index in [2.05, 4.69) is 45.2 Å². The molecule has 5 nitrogen and oxygen atoms in total. The molecule has 3 fully saturated rings. The Balaban J connectivity index is 1.28. The van der Waals surface area contributed by atoms with E-state index in [9.17, 15) is 4.79 Å². The van der Waals surface area contributed by atoms with Crippen LogP contribution in [0.3, 0.4) is 0 Å². The Labute approximate surface area is 168 Å². The number of fused-ring (bicyclic) bond motifs is 4. The van der Waals surface area contributed by atoms with Gasteiger partial charge in [-0.25, -0.2) is 0 Å². The first kappa shape index (κ1) is 19.2. The van der Waals surface area contributed by atoms with Crippen LogP contribution in [0.4, 0.5) is 0 Å². The van der Waals surface area contributed by atoms with Crippen molar-refractivity contribution in [3.8, 4) is 0 Å². The van der Waals surface area contributed by atoms with Gasteiger partial charge in [-0.3, -0.25) is 9.48 Å². The van der Waals surface area contributed by atoms with Crippen LogP contribution in [0.25, 0.3) is 0 Å². The first-order valence-electron chi connectivity index (χ1n) is 10.7. The zero-order chi connectivity index (χ0) is 19.3. The molecule has 5 heteroatoms. The Morgan fingerprint density at radius 1 is 1.07 bits per heavy atom. The molecule has 2 atom stereocenters. The maximum Gasteiger partial charge on any atom is 0.224 e. The van der Waals surface area contributed by atoms with Crippen LogP contribution in [0.15, 0.2) is 42.6 Å². The smallest absolute Gasteiger partial charge is 0.224 e. The minimum atomic E-state index is 0.300. The second-order valence-electron chi connectivity index (χ2n) is 8.46. The Kier molecular flexibility index (Phi) is 6.10. The highest BCUT2D eigenvalue weighted by molar-refractivity contribution is 5.76. The van der Waals surface area contributed by atoms with Gasteiger partial charge in [0.2, 0.25) is 5.91 Å². The van der Waals surface area contributed by atoms with Crippen molar-refractivity contribution in [3.63, 3.8) is 0 Å². The van der Waals surface area contributed by atoms with Crippen LogP contribution in [0.2, 0.25) is 0 Å². The van der Waals surface area contributed by atoms with Crippen molar-refractivity contribution in [2.24, 2.45) is 5.92 Å². The van der Waals surface area contributed by atoms with Crippen LogP contribution in [0.5, 0.6) is 0 Å². The van der Waals surface area contributed by atoms with Crippen molar-refractivity contribution in [2.45, 2.75) is 51.6 Å². The predicted molar refractivity (Wildman–Crippen MR) is 111 cm³/mol. The molecule has 0 unspecified atom stereocenters. The maximum absolute atomic E-state index is 12.9. The summed E-state index contributed by atoms with van der Waals surface area (Å²) in [6.45, 7) is 6.93. The van der Waals surface area contributed by atoms with Crippen LogP contribution in [0.1, 0.15) is 36.9 Å². The summed E-state index contributed by atoms with van der Waals surface area (Å²) in [6, 6.07) is 13.1. The fraction of sp³-hybridized carbons (Fsp3) is 0.565. The number of aryl methyl sites for hydroxylation is 3. The highest BCUT2D eigenvalue weighted by Gasteiger charge is 2.36. The van der Waals surface area contributed by atoms with Gasteiger partial charge in [0.1, 0.15) is 0 Å². The molecule has 2 aromatic rings. The summed E-state index contributed by atoms with van der Waals surface area (Å²) in [6.07, 6.45) is 7.27. The zero-order valence-electron chi connectivity index (χ0n) is 17.0. The van der Waals surface area contributed by atoms with Crippen LogP contribution in [-0.2, 0) is 17.8 Å². The number of amides is 1. The van der Waals surface area contributed by atoms with Crippen molar-refractivity contribution in [2.75, 3.05) is 26.2 Å². The molecular weight excluding hydrogens is 348 g/mol. The molecule has 3 aliphatic rings. The van der Waals surface area contributed by atoms with E-state index in [1.54, 1.807) is 0 Å². The van der Waals surface area contributed by atoms with E-state index < -0.39 is 0 Å². The molecule has 1 aromatic heterocycles. The number of aromatic nitrogens is 2. The Bertz CT molecular complexity index is 772. The standard InChI is InChI=1S/C23H32N4O/c1-19-11-14-26(24-19)15-12-23(28)27-17-21-9-10-22(27)18-25(16-21)13-5-8-20-6-3-2-4-7-20/h2-4,6-7,11,14,21-22H,5,8-10,12-13,15-18H2,1H3/t21-,22+/m1/s1. The van der Waals surface area contributed by atoms with Crippen LogP contribution < -0.4 is 0 Å². The third-order valence-corrected chi connectivity index (χ3v) is 6.22. The van der Waals surface area contributed by atoms with Gasteiger partial charge in [0.05, 0.1) is 5.69 Å². The number of carbonyl (C=O) groups is 1. The van der Waals surface area contributed by atoms with Gasteiger partial charge in [0.15, 0.2) is 0 Å². The molecule has 0 saturated carbocycles. The van der Waals surface area contributed by atoms with E-state index >= 15 is 0 Å². The molecule has 1 amide bonds. The van der Waals surface area contributed by atoms with E-state index in [4.69, 9.17) is 0 Å². The van der Waals surface area contributed by atoms with E-state index in [1.807, 2.05) is 23.9 Å². The third-order valence-electron chi connectivity index (χ3n) is 6.22. The SMILES string of the molecule is Cc1ccn(CCC(=O)N2C[C@@H]3CC[C@H]2CN(CCCc2ccccc2)C3)n1. The number of hydrogen-bond acceptors (Lipinski definition) is 3. The minimum Gasteiger partial charge on any atom is -0.338 e. The quantitative estimate of drug-likeness (QED) is 0.741. The highest BCUT2D eigenvalue weighted by atomic mass is 16.2. The zero-order valence-corrected chi connectivity index (χ0v) is 17.0. The lowest BCUT2D eigenvalue weighted by Gasteiger charge is -2.36. The monoisotopic (exact) mass is 380 g/mol. The van der Waals surface area contributed by atoms with Gasteiger partial charge in [0, 0.05) is 44.8 Å². The average molecular weight is 381 g/mol. The Morgan fingerprint density at radius 3 is 2.71 bits per heavy atom. The summed E-state index contributed by atoms with van der Waals surface area (Å²) in [5.74, 6) is 0.931. The number of piperidine rings is 1. The van der Waals surface area contributed by atoms with Crippen molar-refractivity contribution in [3.05, 3.63) is 53.9 Å². The lowest BCUT2D eigenvalue weighted by Crippen LogP contribution is -2.47. The number of rotatable bonds is 7. The lowest BCUT2D eigenvalue weighted by molar-refractivity contribution is -0.135. The maximum atomic E-state index is 12.9. The third kappa shape index (κ3) is 4.82. The van der Waals surface area contributed by atoms with Crippen molar-refractivity contribution < 1.29 is 4.79 Å². The molecule has 0 spiro atoms. The first-order chi connectivity index (χ1) is 13.7. The fourth-order valence-electron chi connectivity index (χ4n) is 4.76. The molecule has 150 valence electrons. The lowest BCUT2D eigenvalue weighted by atomic mass is 9.94. The van der Waals surface area contributed by atoms with Gasteiger partial charge < -0.3 is 9.80 Å². The average Bonchev–Trinajstić information content (AvgIpc) is 2.93. The van der Waals surface area contributed by atoms with Gasteiger partial charge in [0.25, 0.3) is 0 Å². The number of hydrogen-bond donors (Lipinski definition) is 0. The van der Waals surface area contributed by atoms with Crippen LogP contribution >= 0.6 is 0 Å². The van der Waals surface area contributed by atoms with Crippen LogP contribution in [0, 0.1) is 12.8 Å². The summed E-state index contributed by atoms with van der Waals surface area (Å²) in [7, 11) is 0. The normalized spacial score (nSPS) is 22.4. The topological polar surface area (TPSA) is 41.4 Å². The van der Waals surface area contributed by atoms with Crippen molar-refractivity contribution in [1.29, 1.82) is 0 Å². The molecule has 5 rings (SSSR count). The highest BCUT2D eigenvalue weighted by Crippen LogP contribution is 2.28. The van der Waals surface area contributed by atoms with E-state index in [1.165, 1.54) is 18.4 Å². The molecule has 0 N–H and O–H groups in total. The van der Waals surface area contributed by atoms with Gasteiger partial charge in [-0.15, -0.1) is 0 Å². The summed E-state index contributed by atoms with van der Waals surface area (Å²) in [4.78, 5) is 17.7. The van der Waals surface area contributed by atoms with Gasteiger partial charge in [-0.2, -0.15) is 5.10 Å². The second kappa shape index (κ2) is 8.91. The summed E-state index contributed by atoms with van der Waals surface area (Å²) < 4.78 is 1.89. The van der Waals surface area contributed by atoms with Gasteiger partial charge in [-0.05, 0) is 56.7 Å². The Morgan fingerprint density at radius 2 is 1.93 bits per heavy atom. The largest absolute Gasteiger partial charge is 0.338 e. The van der Waals surface area contributed by atoms with E-state index in [0.29, 0.717) is 30.8 Å².